The van der Waals surface area contributed by atoms with Crippen LogP contribution in [-0.2, 0) is 19.1 Å². The van der Waals surface area contributed by atoms with Gasteiger partial charge in [-0.05, 0) is 111 Å². The zero-order chi connectivity index (χ0) is 24.1. The molecule has 1 saturated heterocycles. The van der Waals surface area contributed by atoms with Crippen LogP contribution in [0.5, 0.6) is 0 Å². The summed E-state index contributed by atoms with van der Waals surface area (Å²) in [6, 6.07) is -0.368. The van der Waals surface area contributed by atoms with E-state index >= 15 is 0 Å². The van der Waals surface area contributed by atoms with Gasteiger partial charge in [0.2, 0.25) is 5.91 Å². The van der Waals surface area contributed by atoms with Gasteiger partial charge >= 0.3 is 5.97 Å². The minimum absolute atomic E-state index is 0.134. The van der Waals surface area contributed by atoms with Gasteiger partial charge in [-0.25, -0.2) is 4.79 Å². The Morgan fingerprint density at radius 1 is 1.00 bits per heavy atom. The lowest BCUT2D eigenvalue weighted by Crippen LogP contribution is -2.53. The average molecular weight is 472 g/mol. The maximum absolute atomic E-state index is 12.9. The van der Waals surface area contributed by atoms with E-state index in [0.717, 1.165) is 68.6 Å². The lowest BCUT2D eigenvalue weighted by Gasteiger charge is -2.60. The van der Waals surface area contributed by atoms with Gasteiger partial charge < -0.3 is 9.64 Å². The smallest absolute Gasteiger partial charge is 0.328 e. The van der Waals surface area contributed by atoms with Crippen LogP contribution in [0.1, 0.15) is 104 Å². The van der Waals surface area contributed by atoms with E-state index in [4.69, 9.17) is 4.74 Å². The van der Waals surface area contributed by atoms with Gasteiger partial charge in [0.15, 0.2) is 0 Å². The number of carbonyl (C=O) groups excluding carboxylic acids is 3. The summed E-state index contributed by atoms with van der Waals surface area (Å²) in [5.41, 5.74) is 0.800. The van der Waals surface area contributed by atoms with Gasteiger partial charge in [0.1, 0.15) is 11.8 Å². The highest BCUT2D eigenvalue weighted by molar-refractivity contribution is 5.85. The maximum Gasteiger partial charge on any atom is 0.328 e. The van der Waals surface area contributed by atoms with Crippen molar-refractivity contribution in [1.82, 2.24) is 4.90 Å². The monoisotopic (exact) mass is 471 g/mol. The number of esters is 1. The van der Waals surface area contributed by atoms with Gasteiger partial charge in [-0.2, -0.15) is 0 Å². The summed E-state index contributed by atoms with van der Waals surface area (Å²) in [6.07, 6.45) is 14.9. The van der Waals surface area contributed by atoms with Crippen LogP contribution in [0.25, 0.3) is 0 Å². The quantitative estimate of drug-likeness (QED) is 0.493. The molecule has 8 atom stereocenters. The van der Waals surface area contributed by atoms with Crippen LogP contribution in [0.15, 0.2) is 0 Å². The minimum atomic E-state index is -0.368. The van der Waals surface area contributed by atoms with Gasteiger partial charge in [-0.3, -0.25) is 9.59 Å². The second kappa shape index (κ2) is 9.24. The van der Waals surface area contributed by atoms with Gasteiger partial charge in [0, 0.05) is 25.8 Å². The molecule has 5 aliphatic rings. The van der Waals surface area contributed by atoms with E-state index in [9.17, 15) is 14.4 Å². The lowest BCUT2D eigenvalue weighted by molar-refractivity contribution is -0.151. The van der Waals surface area contributed by atoms with Gasteiger partial charge in [0.25, 0.3) is 0 Å². The van der Waals surface area contributed by atoms with Crippen molar-refractivity contribution in [2.75, 3.05) is 13.7 Å². The number of ether oxygens (including phenoxy) is 1. The van der Waals surface area contributed by atoms with Crippen molar-refractivity contribution in [2.24, 2.45) is 40.4 Å². The predicted molar refractivity (Wildman–Crippen MR) is 131 cm³/mol. The Morgan fingerprint density at radius 2 is 1.79 bits per heavy atom. The molecule has 5 heteroatoms. The van der Waals surface area contributed by atoms with Crippen molar-refractivity contribution in [3.63, 3.8) is 0 Å². The molecule has 0 spiro atoms. The van der Waals surface area contributed by atoms with E-state index in [2.05, 4.69) is 13.8 Å². The SMILES string of the molecule is COC(=O)C1CCCN1C(=O)CCCC1CCC2C3CCC4CC(=O)CCC4(C)C3CCC12C. The molecule has 0 aromatic heterocycles. The lowest BCUT2D eigenvalue weighted by atomic mass is 9.44. The van der Waals surface area contributed by atoms with Crippen molar-refractivity contribution < 1.29 is 19.1 Å². The normalized spacial score (nSPS) is 43.7. The molecule has 4 aliphatic carbocycles. The molecule has 34 heavy (non-hydrogen) atoms. The zero-order valence-corrected chi connectivity index (χ0v) is 21.7. The predicted octanol–water partition coefficient (Wildman–Crippen LogP) is 5.55. The van der Waals surface area contributed by atoms with Crippen LogP contribution in [0.3, 0.4) is 0 Å². The number of hydrogen-bond acceptors (Lipinski definition) is 4. The Bertz CT molecular complexity index is 825. The highest BCUT2D eigenvalue weighted by Gasteiger charge is 2.59. The molecule has 0 bridgehead atoms. The molecular formula is C29H45NO4. The molecule has 5 nitrogen and oxygen atoms in total. The van der Waals surface area contributed by atoms with Gasteiger partial charge in [-0.1, -0.05) is 13.8 Å². The average Bonchev–Trinajstić information content (AvgIpc) is 3.44. The van der Waals surface area contributed by atoms with Crippen LogP contribution in [0, 0.1) is 40.4 Å². The van der Waals surface area contributed by atoms with Gasteiger partial charge in [0.05, 0.1) is 7.11 Å². The van der Waals surface area contributed by atoms with E-state index in [-0.39, 0.29) is 17.9 Å². The van der Waals surface area contributed by atoms with E-state index in [1.807, 2.05) is 0 Å². The number of rotatable bonds is 5. The number of carbonyl (C=O) groups is 3. The zero-order valence-electron chi connectivity index (χ0n) is 21.7. The third-order valence-corrected chi connectivity index (χ3v) is 11.7. The molecule has 1 heterocycles. The molecule has 8 unspecified atom stereocenters. The molecule has 0 aromatic rings. The molecule has 4 saturated carbocycles. The fourth-order valence-electron chi connectivity index (χ4n) is 9.72. The summed E-state index contributed by atoms with van der Waals surface area (Å²) >= 11 is 0. The fourth-order valence-corrected chi connectivity index (χ4v) is 9.72. The molecule has 0 radical (unpaired) electrons. The number of fused-ring (bicyclic) bond motifs is 5. The highest BCUT2D eigenvalue weighted by atomic mass is 16.5. The van der Waals surface area contributed by atoms with Crippen molar-refractivity contribution in [3.8, 4) is 0 Å². The summed E-state index contributed by atoms with van der Waals surface area (Å²) in [5.74, 6) is 4.19. The Hall–Kier alpha value is -1.39. The van der Waals surface area contributed by atoms with E-state index < -0.39 is 0 Å². The summed E-state index contributed by atoms with van der Waals surface area (Å²) in [5, 5.41) is 0. The van der Waals surface area contributed by atoms with Crippen LogP contribution in [0.2, 0.25) is 0 Å². The molecule has 1 aliphatic heterocycles. The molecule has 5 fully saturated rings. The Morgan fingerprint density at radius 3 is 2.59 bits per heavy atom. The summed E-state index contributed by atoms with van der Waals surface area (Å²) in [6.45, 7) is 5.79. The Kier molecular flexibility index (Phi) is 6.61. The summed E-state index contributed by atoms with van der Waals surface area (Å²) in [4.78, 5) is 38.8. The highest BCUT2D eigenvalue weighted by Crippen LogP contribution is 2.67. The molecule has 0 N–H and O–H groups in total. The first-order chi connectivity index (χ1) is 16.3. The maximum atomic E-state index is 12.9. The van der Waals surface area contributed by atoms with Crippen LogP contribution < -0.4 is 0 Å². The van der Waals surface area contributed by atoms with Crippen LogP contribution >= 0.6 is 0 Å². The molecular weight excluding hydrogens is 426 g/mol. The van der Waals surface area contributed by atoms with E-state index in [1.165, 1.54) is 45.6 Å². The van der Waals surface area contributed by atoms with E-state index in [0.29, 0.717) is 35.5 Å². The molecule has 0 aromatic carbocycles. The number of amides is 1. The second-order valence-corrected chi connectivity index (χ2v) is 12.9. The third kappa shape index (κ3) is 3.93. The first kappa shape index (κ1) is 24.3. The molecule has 1 amide bonds. The van der Waals surface area contributed by atoms with Crippen molar-refractivity contribution >= 4 is 17.7 Å². The van der Waals surface area contributed by atoms with Crippen LogP contribution in [-0.4, -0.2) is 42.3 Å². The van der Waals surface area contributed by atoms with Gasteiger partial charge in [-0.15, -0.1) is 0 Å². The Balaban J connectivity index is 1.18. The fraction of sp³-hybridized carbons (Fsp3) is 0.897. The number of Topliss-reactive ketones (excluding diaryl/α,β-unsaturated/α-hetero) is 1. The first-order valence-electron chi connectivity index (χ1n) is 14.2. The molecule has 190 valence electrons. The standard InChI is InChI=1S/C29H45NO4/c1-28-16-14-24-22(11-9-20-18-21(31)13-15-29(20,24)2)23(28)12-10-19(28)6-4-8-26(32)30-17-5-7-25(30)27(33)34-3/h19-20,22-25H,4-18H2,1-3H3. The number of nitrogens with zero attached hydrogens (tertiary/aromatic N) is 1. The third-order valence-electron chi connectivity index (χ3n) is 11.7. The Labute approximate surface area is 205 Å². The van der Waals surface area contributed by atoms with Crippen molar-refractivity contribution in [2.45, 2.75) is 110 Å². The number of methoxy groups -OCH3 is 1. The number of hydrogen-bond donors (Lipinski definition) is 0. The largest absolute Gasteiger partial charge is 0.467 e. The topological polar surface area (TPSA) is 63.7 Å². The van der Waals surface area contributed by atoms with Crippen molar-refractivity contribution in [3.05, 3.63) is 0 Å². The second-order valence-electron chi connectivity index (χ2n) is 12.9. The summed E-state index contributed by atoms with van der Waals surface area (Å²) in [7, 11) is 1.41. The molecule has 5 rings (SSSR count). The summed E-state index contributed by atoms with van der Waals surface area (Å²) < 4.78 is 4.91. The number of ketones is 1. The van der Waals surface area contributed by atoms with Crippen molar-refractivity contribution in [1.29, 1.82) is 0 Å². The van der Waals surface area contributed by atoms with E-state index in [1.54, 1.807) is 4.90 Å². The number of likely N-dealkylation sites (tertiary alicyclic amines) is 1. The minimum Gasteiger partial charge on any atom is -0.467 e. The first-order valence-corrected chi connectivity index (χ1v) is 14.2. The van der Waals surface area contributed by atoms with Crippen LogP contribution in [0.4, 0.5) is 0 Å².